The Kier molecular flexibility index (Phi) is 5.90. The lowest BCUT2D eigenvalue weighted by Crippen LogP contribution is -2.29. The van der Waals surface area contributed by atoms with Gasteiger partial charge in [-0.15, -0.1) is 11.3 Å². The van der Waals surface area contributed by atoms with E-state index in [9.17, 15) is 9.59 Å². The average Bonchev–Trinajstić information content (AvgIpc) is 3.05. The number of aromatic nitrogens is 1. The first-order valence-electron chi connectivity index (χ1n) is 9.04. The van der Waals surface area contributed by atoms with Gasteiger partial charge in [0, 0.05) is 18.3 Å². The molecule has 144 valence electrons. The van der Waals surface area contributed by atoms with Crippen molar-refractivity contribution in [2.45, 2.75) is 26.8 Å². The van der Waals surface area contributed by atoms with Gasteiger partial charge in [-0.2, -0.15) is 0 Å². The van der Waals surface area contributed by atoms with Crippen LogP contribution in [0.2, 0.25) is 0 Å². The van der Waals surface area contributed by atoms with E-state index in [4.69, 9.17) is 0 Å². The normalized spacial score (nSPS) is 11.7. The van der Waals surface area contributed by atoms with Gasteiger partial charge in [0.2, 0.25) is 0 Å². The SMILES string of the molecule is Cc1nc(C)c(C(=O)N(C)C(C)c2cccc(NC(=O)c3ccccc3)c2)s1. The molecule has 0 bridgehead atoms. The van der Waals surface area contributed by atoms with Gasteiger partial charge < -0.3 is 10.2 Å². The first-order valence-corrected chi connectivity index (χ1v) is 9.86. The number of carbonyl (C=O) groups excluding carboxylic acids is 2. The summed E-state index contributed by atoms with van der Waals surface area (Å²) in [6.45, 7) is 5.73. The molecule has 0 aliphatic heterocycles. The van der Waals surface area contributed by atoms with Gasteiger partial charge in [-0.3, -0.25) is 9.59 Å². The van der Waals surface area contributed by atoms with Crippen LogP contribution in [0.5, 0.6) is 0 Å². The van der Waals surface area contributed by atoms with Crippen LogP contribution in [-0.4, -0.2) is 28.7 Å². The summed E-state index contributed by atoms with van der Waals surface area (Å²) in [6, 6.07) is 16.5. The van der Waals surface area contributed by atoms with Crippen LogP contribution < -0.4 is 5.32 Å². The fourth-order valence-electron chi connectivity index (χ4n) is 2.96. The van der Waals surface area contributed by atoms with E-state index < -0.39 is 0 Å². The summed E-state index contributed by atoms with van der Waals surface area (Å²) in [5, 5.41) is 3.80. The van der Waals surface area contributed by atoms with E-state index in [2.05, 4.69) is 10.3 Å². The molecule has 0 aliphatic rings. The summed E-state index contributed by atoms with van der Waals surface area (Å²) in [5.74, 6) is -0.208. The number of rotatable bonds is 5. The molecule has 0 fully saturated rings. The van der Waals surface area contributed by atoms with Gasteiger partial charge >= 0.3 is 0 Å². The van der Waals surface area contributed by atoms with Gasteiger partial charge in [-0.1, -0.05) is 30.3 Å². The largest absolute Gasteiger partial charge is 0.334 e. The Hall–Kier alpha value is -2.99. The standard InChI is InChI=1S/C22H23N3O2S/c1-14-20(28-16(3)23-14)22(27)25(4)15(2)18-11-8-12-19(13-18)24-21(26)17-9-6-5-7-10-17/h5-13,15H,1-4H3,(H,24,26). The van der Waals surface area contributed by atoms with Crippen molar-refractivity contribution >= 4 is 28.8 Å². The van der Waals surface area contributed by atoms with E-state index >= 15 is 0 Å². The summed E-state index contributed by atoms with van der Waals surface area (Å²) in [6.07, 6.45) is 0. The molecule has 3 rings (SSSR count). The molecule has 2 aromatic carbocycles. The van der Waals surface area contributed by atoms with E-state index in [0.29, 0.717) is 16.1 Å². The molecule has 0 aliphatic carbocycles. The van der Waals surface area contributed by atoms with Crippen molar-refractivity contribution < 1.29 is 9.59 Å². The highest BCUT2D eigenvalue weighted by Crippen LogP contribution is 2.26. The number of anilines is 1. The number of amides is 2. The molecule has 0 saturated heterocycles. The molecule has 0 radical (unpaired) electrons. The van der Waals surface area contributed by atoms with Crippen LogP contribution in [0.25, 0.3) is 0 Å². The van der Waals surface area contributed by atoms with Gasteiger partial charge in [-0.25, -0.2) is 4.98 Å². The molecule has 5 nitrogen and oxygen atoms in total. The fourth-order valence-corrected chi connectivity index (χ4v) is 3.86. The number of carbonyl (C=O) groups is 2. The highest BCUT2D eigenvalue weighted by Gasteiger charge is 2.23. The highest BCUT2D eigenvalue weighted by molar-refractivity contribution is 7.13. The van der Waals surface area contributed by atoms with E-state index in [1.165, 1.54) is 11.3 Å². The third-order valence-corrected chi connectivity index (χ3v) is 5.72. The minimum absolute atomic E-state index is 0.0469. The van der Waals surface area contributed by atoms with E-state index in [-0.39, 0.29) is 17.9 Å². The Bertz CT molecular complexity index is 998. The predicted octanol–water partition coefficient (Wildman–Crippen LogP) is 4.85. The van der Waals surface area contributed by atoms with E-state index in [0.717, 1.165) is 16.3 Å². The predicted molar refractivity (Wildman–Crippen MR) is 113 cm³/mol. The number of hydrogen-bond acceptors (Lipinski definition) is 4. The number of thiazole rings is 1. The summed E-state index contributed by atoms with van der Waals surface area (Å²) in [7, 11) is 1.79. The van der Waals surface area contributed by atoms with Gasteiger partial charge in [0.25, 0.3) is 11.8 Å². The maximum absolute atomic E-state index is 12.9. The third kappa shape index (κ3) is 4.28. The Morgan fingerprint density at radius 1 is 1.07 bits per heavy atom. The number of nitrogens with zero attached hydrogens (tertiary/aromatic N) is 2. The molecular formula is C22H23N3O2S. The summed E-state index contributed by atoms with van der Waals surface area (Å²) < 4.78 is 0. The molecule has 1 heterocycles. The first-order chi connectivity index (χ1) is 13.4. The van der Waals surface area contributed by atoms with Crippen LogP contribution in [0, 0.1) is 13.8 Å². The number of hydrogen-bond donors (Lipinski definition) is 1. The fraction of sp³-hybridized carbons (Fsp3) is 0.227. The zero-order valence-electron chi connectivity index (χ0n) is 16.4. The van der Waals surface area contributed by atoms with Crippen LogP contribution in [0.4, 0.5) is 5.69 Å². The van der Waals surface area contributed by atoms with Crippen molar-refractivity contribution in [3.63, 3.8) is 0 Å². The van der Waals surface area contributed by atoms with Gasteiger partial charge in [0.1, 0.15) is 4.88 Å². The molecule has 0 saturated carbocycles. The molecule has 1 aromatic heterocycles. The van der Waals surface area contributed by atoms with Gasteiger partial charge in [0.15, 0.2) is 0 Å². The van der Waals surface area contributed by atoms with Crippen molar-refractivity contribution in [2.24, 2.45) is 0 Å². The lowest BCUT2D eigenvalue weighted by atomic mass is 10.1. The monoisotopic (exact) mass is 393 g/mol. The zero-order valence-corrected chi connectivity index (χ0v) is 17.2. The van der Waals surface area contributed by atoms with Crippen LogP contribution in [0.3, 0.4) is 0 Å². The molecule has 6 heteroatoms. The second kappa shape index (κ2) is 8.35. The summed E-state index contributed by atoms with van der Waals surface area (Å²) >= 11 is 1.41. The molecule has 1 atom stereocenters. The molecule has 0 spiro atoms. The maximum Gasteiger partial charge on any atom is 0.266 e. The Morgan fingerprint density at radius 2 is 1.79 bits per heavy atom. The van der Waals surface area contributed by atoms with Crippen LogP contribution >= 0.6 is 11.3 Å². The molecule has 1 N–H and O–H groups in total. The van der Waals surface area contributed by atoms with Crippen LogP contribution in [0.1, 0.15) is 49.3 Å². The Morgan fingerprint density at radius 3 is 2.43 bits per heavy atom. The van der Waals surface area contributed by atoms with Crippen molar-refractivity contribution in [3.8, 4) is 0 Å². The Labute approximate surface area is 169 Å². The summed E-state index contributed by atoms with van der Waals surface area (Å²) in [5.41, 5.74) is 3.00. The lowest BCUT2D eigenvalue weighted by Gasteiger charge is -2.25. The maximum atomic E-state index is 12.9. The van der Waals surface area contributed by atoms with Crippen molar-refractivity contribution in [2.75, 3.05) is 12.4 Å². The first kappa shape index (κ1) is 19.8. The number of benzene rings is 2. The molecule has 3 aromatic rings. The topological polar surface area (TPSA) is 62.3 Å². The quantitative estimate of drug-likeness (QED) is 0.674. The van der Waals surface area contributed by atoms with Gasteiger partial charge in [-0.05, 0) is 50.6 Å². The third-order valence-electron chi connectivity index (χ3n) is 4.66. The zero-order chi connectivity index (χ0) is 20.3. The van der Waals surface area contributed by atoms with E-state index in [1.807, 2.05) is 63.2 Å². The average molecular weight is 394 g/mol. The summed E-state index contributed by atoms with van der Waals surface area (Å²) in [4.78, 5) is 32.0. The minimum atomic E-state index is -0.161. The van der Waals surface area contributed by atoms with Crippen molar-refractivity contribution in [1.82, 2.24) is 9.88 Å². The second-order valence-corrected chi connectivity index (χ2v) is 7.89. The minimum Gasteiger partial charge on any atom is -0.334 e. The van der Waals surface area contributed by atoms with Crippen LogP contribution in [0.15, 0.2) is 54.6 Å². The lowest BCUT2D eigenvalue weighted by molar-refractivity contribution is 0.0746. The van der Waals surface area contributed by atoms with Crippen molar-refractivity contribution in [1.29, 1.82) is 0 Å². The second-order valence-electron chi connectivity index (χ2n) is 6.69. The van der Waals surface area contributed by atoms with Crippen molar-refractivity contribution in [3.05, 3.63) is 81.3 Å². The molecule has 28 heavy (non-hydrogen) atoms. The molecular weight excluding hydrogens is 370 g/mol. The molecule has 2 amide bonds. The molecule has 1 unspecified atom stereocenters. The number of nitrogens with one attached hydrogen (secondary N) is 1. The van der Waals surface area contributed by atoms with Crippen LogP contribution in [-0.2, 0) is 0 Å². The Balaban J connectivity index is 1.76. The van der Waals surface area contributed by atoms with Gasteiger partial charge in [0.05, 0.1) is 16.7 Å². The van der Waals surface area contributed by atoms with E-state index in [1.54, 1.807) is 24.1 Å². The smallest absolute Gasteiger partial charge is 0.266 e. The highest BCUT2D eigenvalue weighted by atomic mass is 32.1. The number of aryl methyl sites for hydroxylation is 2.